The zero-order valence-electron chi connectivity index (χ0n) is 11.4. The molecule has 102 valence electrons. The maximum absolute atomic E-state index is 14.0. The number of benzene rings is 1. The Kier molecular flexibility index (Phi) is 6.09. The molecule has 1 nitrogen and oxygen atoms in total. The van der Waals surface area contributed by atoms with E-state index in [1.54, 1.807) is 25.7 Å². The van der Waals surface area contributed by atoms with Crippen LogP contribution < -0.4 is 5.32 Å². The molecule has 0 aliphatic heterocycles. The van der Waals surface area contributed by atoms with Crippen molar-refractivity contribution in [2.45, 2.75) is 38.5 Å². The molecule has 0 fully saturated rings. The van der Waals surface area contributed by atoms with Crippen LogP contribution in [0.2, 0.25) is 0 Å². The standard InChI is InChI=1S/C14H21F2NS/c1-5-10(3)18-8-12(17-4)13-11(15)7-6-9(2)14(13)16/h6-7,10,12,17H,5,8H2,1-4H3. The van der Waals surface area contributed by atoms with Gasteiger partial charge in [0.1, 0.15) is 11.6 Å². The molecule has 0 aliphatic carbocycles. The number of nitrogens with one attached hydrogen (secondary N) is 1. The van der Waals surface area contributed by atoms with Gasteiger partial charge in [0.2, 0.25) is 0 Å². The van der Waals surface area contributed by atoms with Gasteiger partial charge in [0.15, 0.2) is 0 Å². The molecular weight excluding hydrogens is 252 g/mol. The molecule has 0 heterocycles. The molecule has 0 saturated carbocycles. The molecule has 0 amide bonds. The van der Waals surface area contributed by atoms with E-state index in [4.69, 9.17) is 0 Å². The molecule has 2 atom stereocenters. The van der Waals surface area contributed by atoms with Crippen LogP contribution in [-0.2, 0) is 0 Å². The van der Waals surface area contributed by atoms with Crippen molar-refractivity contribution in [3.8, 4) is 0 Å². The van der Waals surface area contributed by atoms with Crippen molar-refractivity contribution in [1.29, 1.82) is 0 Å². The second kappa shape index (κ2) is 7.10. The van der Waals surface area contributed by atoms with Crippen molar-refractivity contribution in [3.05, 3.63) is 34.9 Å². The molecule has 0 bridgehead atoms. The predicted molar refractivity (Wildman–Crippen MR) is 75.1 cm³/mol. The SMILES string of the molecule is CCC(C)SCC(NC)c1c(F)ccc(C)c1F. The lowest BCUT2D eigenvalue weighted by Gasteiger charge is -2.20. The number of hydrogen-bond donors (Lipinski definition) is 1. The number of aryl methyl sites for hydroxylation is 1. The van der Waals surface area contributed by atoms with Crippen molar-refractivity contribution < 1.29 is 8.78 Å². The minimum absolute atomic E-state index is 0.160. The fourth-order valence-corrected chi connectivity index (χ4v) is 2.78. The summed E-state index contributed by atoms with van der Waals surface area (Å²) < 4.78 is 27.8. The molecular formula is C14H21F2NS. The van der Waals surface area contributed by atoms with Gasteiger partial charge in [-0.25, -0.2) is 8.78 Å². The average Bonchev–Trinajstić information content (AvgIpc) is 2.37. The van der Waals surface area contributed by atoms with E-state index in [9.17, 15) is 8.78 Å². The summed E-state index contributed by atoms with van der Waals surface area (Å²) in [6.45, 7) is 5.90. The van der Waals surface area contributed by atoms with E-state index in [1.165, 1.54) is 12.1 Å². The van der Waals surface area contributed by atoms with Gasteiger partial charge in [-0.05, 0) is 32.0 Å². The third-order valence-corrected chi connectivity index (χ3v) is 4.57. The highest BCUT2D eigenvalue weighted by Gasteiger charge is 2.20. The van der Waals surface area contributed by atoms with Crippen molar-refractivity contribution >= 4 is 11.8 Å². The van der Waals surface area contributed by atoms with Crippen LogP contribution in [0, 0.1) is 18.6 Å². The van der Waals surface area contributed by atoms with Crippen LogP contribution in [0.5, 0.6) is 0 Å². The zero-order chi connectivity index (χ0) is 13.7. The molecule has 1 rings (SSSR count). The summed E-state index contributed by atoms with van der Waals surface area (Å²) >= 11 is 1.73. The molecule has 2 unspecified atom stereocenters. The third-order valence-electron chi connectivity index (χ3n) is 3.14. The Bertz CT molecular complexity index is 396. The quantitative estimate of drug-likeness (QED) is 0.838. The van der Waals surface area contributed by atoms with Gasteiger partial charge in [0.25, 0.3) is 0 Å². The highest BCUT2D eigenvalue weighted by molar-refractivity contribution is 7.99. The largest absolute Gasteiger partial charge is 0.312 e. The highest BCUT2D eigenvalue weighted by Crippen LogP contribution is 2.27. The van der Waals surface area contributed by atoms with E-state index < -0.39 is 11.6 Å². The van der Waals surface area contributed by atoms with E-state index >= 15 is 0 Å². The van der Waals surface area contributed by atoms with Gasteiger partial charge in [0.05, 0.1) is 0 Å². The minimum atomic E-state index is -0.470. The predicted octanol–water partition coefficient (Wildman–Crippen LogP) is 4.07. The fraction of sp³-hybridized carbons (Fsp3) is 0.571. The lowest BCUT2D eigenvalue weighted by molar-refractivity contribution is 0.509. The Morgan fingerprint density at radius 3 is 2.56 bits per heavy atom. The Balaban J connectivity index is 2.91. The molecule has 0 aromatic heterocycles. The Labute approximate surface area is 112 Å². The summed E-state index contributed by atoms with van der Waals surface area (Å²) in [4.78, 5) is 0. The average molecular weight is 273 g/mol. The molecule has 0 saturated heterocycles. The van der Waals surface area contributed by atoms with Crippen LogP contribution in [0.15, 0.2) is 12.1 Å². The van der Waals surface area contributed by atoms with E-state index in [1.807, 2.05) is 0 Å². The van der Waals surface area contributed by atoms with E-state index in [0.29, 0.717) is 16.6 Å². The van der Waals surface area contributed by atoms with Crippen molar-refractivity contribution in [1.82, 2.24) is 5.32 Å². The molecule has 1 N–H and O–H groups in total. The first-order valence-electron chi connectivity index (χ1n) is 6.24. The summed E-state index contributed by atoms with van der Waals surface area (Å²) in [7, 11) is 1.74. The minimum Gasteiger partial charge on any atom is -0.312 e. The summed E-state index contributed by atoms with van der Waals surface area (Å²) in [5.41, 5.74) is 0.647. The Morgan fingerprint density at radius 1 is 1.33 bits per heavy atom. The monoisotopic (exact) mass is 273 g/mol. The summed E-state index contributed by atoms with van der Waals surface area (Å²) in [6, 6.07) is 2.53. The van der Waals surface area contributed by atoms with Gasteiger partial charge < -0.3 is 5.32 Å². The Hall–Kier alpha value is -0.610. The number of halogens is 2. The number of hydrogen-bond acceptors (Lipinski definition) is 2. The van der Waals surface area contributed by atoms with Gasteiger partial charge in [-0.2, -0.15) is 11.8 Å². The molecule has 1 aromatic rings. The number of thioether (sulfide) groups is 1. The Morgan fingerprint density at radius 2 is 2.00 bits per heavy atom. The van der Waals surface area contributed by atoms with Gasteiger partial charge in [0, 0.05) is 22.6 Å². The van der Waals surface area contributed by atoms with Gasteiger partial charge in [-0.15, -0.1) is 0 Å². The lowest BCUT2D eigenvalue weighted by Crippen LogP contribution is -2.22. The van der Waals surface area contributed by atoms with Crippen LogP contribution in [0.4, 0.5) is 8.78 Å². The molecule has 1 aromatic carbocycles. The van der Waals surface area contributed by atoms with Crippen LogP contribution in [0.25, 0.3) is 0 Å². The molecule has 4 heteroatoms. The first-order chi connectivity index (χ1) is 8.51. The van der Waals surface area contributed by atoms with Gasteiger partial charge in [-0.1, -0.05) is 19.9 Å². The van der Waals surface area contributed by atoms with Crippen LogP contribution in [0.3, 0.4) is 0 Å². The van der Waals surface area contributed by atoms with E-state index in [2.05, 4.69) is 19.2 Å². The van der Waals surface area contributed by atoms with Gasteiger partial charge in [-0.3, -0.25) is 0 Å². The molecule has 0 aliphatic rings. The third kappa shape index (κ3) is 3.69. The van der Waals surface area contributed by atoms with Crippen molar-refractivity contribution in [2.75, 3.05) is 12.8 Å². The summed E-state index contributed by atoms with van der Waals surface area (Å²) in [5.74, 6) is -0.232. The number of rotatable bonds is 6. The highest BCUT2D eigenvalue weighted by atomic mass is 32.2. The van der Waals surface area contributed by atoms with Crippen LogP contribution in [-0.4, -0.2) is 18.1 Å². The van der Waals surface area contributed by atoms with Crippen molar-refractivity contribution in [3.63, 3.8) is 0 Å². The van der Waals surface area contributed by atoms with Crippen molar-refractivity contribution in [2.24, 2.45) is 0 Å². The molecule has 18 heavy (non-hydrogen) atoms. The first-order valence-corrected chi connectivity index (χ1v) is 7.29. The maximum atomic E-state index is 14.0. The van der Waals surface area contributed by atoms with Gasteiger partial charge >= 0.3 is 0 Å². The second-order valence-electron chi connectivity index (χ2n) is 4.49. The first kappa shape index (κ1) is 15.4. The van der Waals surface area contributed by atoms with E-state index in [0.717, 1.165) is 6.42 Å². The van der Waals surface area contributed by atoms with E-state index in [-0.39, 0.29) is 11.6 Å². The zero-order valence-corrected chi connectivity index (χ0v) is 12.2. The molecule has 0 radical (unpaired) electrons. The maximum Gasteiger partial charge on any atom is 0.133 e. The van der Waals surface area contributed by atoms with Crippen LogP contribution >= 0.6 is 11.8 Å². The summed E-state index contributed by atoms with van der Waals surface area (Å²) in [6.07, 6.45) is 1.06. The normalized spacial score (nSPS) is 14.6. The smallest absolute Gasteiger partial charge is 0.133 e. The topological polar surface area (TPSA) is 12.0 Å². The lowest BCUT2D eigenvalue weighted by atomic mass is 10.0. The van der Waals surface area contributed by atoms with Crippen LogP contribution in [0.1, 0.15) is 37.4 Å². The summed E-state index contributed by atoms with van der Waals surface area (Å²) in [5, 5.41) is 3.50. The fourth-order valence-electron chi connectivity index (χ4n) is 1.69. The molecule has 0 spiro atoms. The second-order valence-corrected chi connectivity index (χ2v) is 5.96.